The molecule has 2 saturated heterocycles. The van der Waals surface area contributed by atoms with E-state index in [1.165, 1.54) is 46.4 Å². The molecule has 58 heavy (non-hydrogen) atoms. The van der Waals surface area contributed by atoms with Gasteiger partial charge in [-0.1, -0.05) is 27.6 Å². The lowest BCUT2D eigenvalue weighted by Crippen LogP contribution is -2.43. The number of halogens is 1. The van der Waals surface area contributed by atoms with E-state index in [0.29, 0.717) is 19.8 Å². The van der Waals surface area contributed by atoms with Crippen LogP contribution in [0.3, 0.4) is 0 Å². The first-order valence-corrected chi connectivity index (χ1v) is 18.3. The number of benzene rings is 3. The van der Waals surface area contributed by atoms with Crippen molar-refractivity contribution in [2.75, 3.05) is 47.8 Å². The molecule has 0 bridgehead atoms. The largest absolute Gasteiger partial charge is 0.508 e. The van der Waals surface area contributed by atoms with Gasteiger partial charge in [-0.25, -0.2) is 9.80 Å². The normalized spacial score (nSPS) is 23.6. The number of amides is 4. The molecule has 4 aliphatic rings. The summed E-state index contributed by atoms with van der Waals surface area (Å²) in [6.07, 6.45) is 1.33. The molecule has 2 aliphatic heterocycles. The fraction of sp³-hybridized carbons (Fsp3) is 0.333. The van der Waals surface area contributed by atoms with E-state index in [9.17, 15) is 64.7 Å². The number of aromatic hydroxyl groups is 1. The highest BCUT2D eigenvalue weighted by atomic mass is 79.9. The Labute approximate surface area is 334 Å². The zero-order valence-corrected chi connectivity index (χ0v) is 32.4. The Hall–Kier alpha value is -6.84. The predicted octanol–water partition coefficient (Wildman–Crippen LogP) is 4.96. The van der Waals surface area contributed by atoms with Crippen LogP contribution in [0.25, 0.3) is 0 Å². The number of fused-ring (bicyclic) bond motifs is 4. The SMILES string of the molecule is CN(C)c1c([N+](=O)[O-])cc(N2C(=O)C3CC=C4C(CC5C(=O)N(c6cc([N+](=O)[O-])c(N(C)C)c([N+](=O)[O-])c6)C(=O)C5C4c4cc(Br)ccc4O)C3C2=O)cc1[N+](=O)[O-]. The van der Waals surface area contributed by atoms with Crippen LogP contribution in [0, 0.1) is 70.0 Å². The van der Waals surface area contributed by atoms with Crippen LogP contribution in [0.4, 0.5) is 45.5 Å². The van der Waals surface area contributed by atoms with Crippen molar-refractivity contribution in [1.82, 2.24) is 0 Å². The molecule has 21 nitrogen and oxygen atoms in total. The maximum atomic E-state index is 14.6. The smallest absolute Gasteiger partial charge is 0.301 e. The minimum absolute atomic E-state index is 0.0869. The lowest BCUT2D eigenvalue weighted by Gasteiger charge is -2.44. The van der Waals surface area contributed by atoms with Crippen LogP contribution < -0.4 is 19.6 Å². The van der Waals surface area contributed by atoms with Crippen molar-refractivity contribution < 1.29 is 44.0 Å². The third-order valence-corrected chi connectivity index (χ3v) is 11.8. The molecule has 6 unspecified atom stereocenters. The summed E-state index contributed by atoms with van der Waals surface area (Å²) in [6.45, 7) is 0. The molecule has 1 N–H and O–H groups in total. The topological polar surface area (TPSA) is 274 Å². The van der Waals surface area contributed by atoms with E-state index in [1.807, 2.05) is 0 Å². The molecule has 0 radical (unpaired) electrons. The van der Waals surface area contributed by atoms with Gasteiger partial charge in [0, 0.05) is 68.4 Å². The minimum Gasteiger partial charge on any atom is -0.508 e. The van der Waals surface area contributed by atoms with E-state index in [2.05, 4.69) is 15.9 Å². The summed E-state index contributed by atoms with van der Waals surface area (Å²) in [7, 11) is 5.42. The van der Waals surface area contributed by atoms with Crippen LogP contribution in [-0.2, 0) is 19.2 Å². The molecular weight excluding hydrogens is 832 g/mol. The first kappa shape index (κ1) is 39.4. The second kappa shape index (κ2) is 14.0. The predicted molar refractivity (Wildman–Crippen MR) is 206 cm³/mol. The number of allylic oxidation sites excluding steroid dienone is 2. The van der Waals surface area contributed by atoms with Crippen molar-refractivity contribution in [1.29, 1.82) is 0 Å². The van der Waals surface area contributed by atoms with Gasteiger partial charge >= 0.3 is 22.7 Å². The number of hydrogen-bond acceptors (Lipinski definition) is 15. The lowest BCUT2D eigenvalue weighted by molar-refractivity contribution is -0.392. The molecule has 0 aromatic heterocycles. The second-order valence-electron chi connectivity index (χ2n) is 14.7. The van der Waals surface area contributed by atoms with Crippen LogP contribution in [-0.4, -0.2) is 76.6 Å². The summed E-state index contributed by atoms with van der Waals surface area (Å²) in [5.41, 5.74) is -3.98. The Kier molecular flexibility index (Phi) is 9.49. The monoisotopic (exact) mass is 862 g/mol. The molecule has 4 amide bonds. The van der Waals surface area contributed by atoms with Crippen molar-refractivity contribution >= 4 is 85.1 Å². The van der Waals surface area contributed by atoms with E-state index in [0.717, 1.165) is 34.1 Å². The van der Waals surface area contributed by atoms with Gasteiger partial charge in [0.1, 0.15) is 5.75 Å². The van der Waals surface area contributed by atoms with Gasteiger partial charge in [-0.3, -0.25) is 59.6 Å². The molecule has 6 atom stereocenters. The number of anilines is 4. The third-order valence-electron chi connectivity index (χ3n) is 11.3. The Morgan fingerprint density at radius 2 is 1.07 bits per heavy atom. The number of nitro groups is 4. The fourth-order valence-electron chi connectivity index (χ4n) is 9.13. The van der Waals surface area contributed by atoms with Gasteiger partial charge in [-0.15, -0.1) is 0 Å². The van der Waals surface area contributed by atoms with E-state index >= 15 is 0 Å². The van der Waals surface area contributed by atoms with Gasteiger partial charge in [0.25, 0.3) is 0 Å². The molecule has 2 aliphatic carbocycles. The molecule has 3 aromatic carbocycles. The third kappa shape index (κ3) is 5.89. The summed E-state index contributed by atoms with van der Waals surface area (Å²) < 4.78 is 0.468. The molecule has 22 heteroatoms. The highest BCUT2D eigenvalue weighted by molar-refractivity contribution is 9.10. The number of rotatable bonds is 9. The number of carbonyl (C=O) groups excluding carboxylic acids is 4. The molecule has 1 saturated carbocycles. The van der Waals surface area contributed by atoms with Crippen LogP contribution in [0.1, 0.15) is 24.3 Å². The van der Waals surface area contributed by atoms with E-state index < -0.39 is 113 Å². The number of nitro benzene ring substituents is 4. The first-order valence-electron chi connectivity index (χ1n) is 17.5. The van der Waals surface area contributed by atoms with Gasteiger partial charge < -0.3 is 14.9 Å². The molecular formula is C36H31BrN8O13. The Balaban J connectivity index is 1.37. The first-order chi connectivity index (χ1) is 27.3. The number of nitrogens with zero attached hydrogens (tertiary/aromatic N) is 8. The number of imide groups is 2. The summed E-state index contributed by atoms with van der Waals surface area (Å²) in [6, 6.07) is 7.98. The number of phenols is 1. The summed E-state index contributed by atoms with van der Waals surface area (Å²) >= 11 is 3.37. The number of carbonyl (C=O) groups is 4. The van der Waals surface area contributed by atoms with Crippen molar-refractivity contribution in [3.63, 3.8) is 0 Å². The highest BCUT2D eigenvalue weighted by Crippen LogP contribution is 2.60. The Bertz CT molecular complexity index is 2400. The van der Waals surface area contributed by atoms with Crippen LogP contribution >= 0.6 is 15.9 Å². The molecule has 300 valence electrons. The Morgan fingerprint density at radius 1 is 0.638 bits per heavy atom. The molecule has 2 heterocycles. The van der Waals surface area contributed by atoms with Gasteiger partial charge in [0.05, 0.1) is 54.7 Å². The van der Waals surface area contributed by atoms with Gasteiger partial charge in [-0.05, 0) is 37.0 Å². The van der Waals surface area contributed by atoms with Crippen LogP contribution in [0.2, 0.25) is 0 Å². The molecule has 3 fully saturated rings. The van der Waals surface area contributed by atoms with Crippen molar-refractivity contribution in [3.8, 4) is 5.75 Å². The summed E-state index contributed by atoms with van der Waals surface area (Å²) in [5, 5.41) is 59.9. The van der Waals surface area contributed by atoms with Crippen molar-refractivity contribution in [2.24, 2.45) is 29.6 Å². The number of phenolic OH excluding ortho intramolecular Hbond substituents is 1. The van der Waals surface area contributed by atoms with Crippen molar-refractivity contribution in [3.05, 3.63) is 105 Å². The van der Waals surface area contributed by atoms with E-state index in [-0.39, 0.29) is 35.5 Å². The second-order valence-corrected chi connectivity index (χ2v) is 15.6. The van der Waals surface area contributed by atoms with E-state index in [1.54, 1.807) is 6.08 Å². The van der Waals surface area contributed by atoms with E-state index in [4.69, 9.17) is 0 Å². The minimum atomic E-state index is -1.29. The number of hydrogen-bond donors (Lipinski definition) is 1. The average molecular weight is 864 g/mol. The highest BCUT2D eigenvalue weighted by Gasteiger charge is 2.63. The Morgan fingerprint density at radius 3 is 1.50 bits per heavy atom. The molecule has 7 rings (SSSR count). The van der Waals surface area contributed by atoms with Crippen molar-refractivity contribution in [2.45, 2.75) is 18.8 Å². The summed E-state index contributed by atoms with van der Waals surface area (Å²) in [4.78, 5) is 107. The zero-order chi connectivity index (χ0) is 42.4. The fourth-order valence-corrected chi connectivity index (χ4v) is 9.51. The van der Waals surface area contributed by atoms with Gasteiger partial charge in [-0.2, -0.15) is 0 Å². The standard InChI is InChI=1S/C36H31BrN8O13/c1-38(2)31-23(42(51)52)10-16(11-24(31)43(53)54)40-33(47)19-7-6-18-20(29(19)35(40)49)14-22-30(28(18)21-9-15(37)5-8-27(21)46)36(50)41(34(22)48)17-12-25(44(55)56)32(39(3)4)26(13-17)45(57)58/h5-6,8-13,19-20,22,28-30,46H,7,14H2,1-4H3. The lowest BCUT2D eigenvalue weighted by atomic mass is 9.57. The van der Waals surface area contributed by atoms with Gasteiger partial charge in [0.15, 0.2) is 11.4 Å². The van der Waals surface area contributed by atoms with Gasteiger partial charge in [0.2, 0.25) is 23.6 Å². The quantitative estimate of drug-likeness (QED) is 0.129. The van der Waals surface area contributed by atoms with Crippen LogP contribution in [0.5, 0.6) is 5.75 Å². The summed E-state index contributed by atoms with van der Waals surface area (Å²) in [5.74, 6) is -10.7. The maximum absolute atomic E-state index is 14.6. The average Bonchev–Trinajstić information content (AvgIpc) is 3.56. The molecule has 3 aromatic rings. The molecule has 0 spiro atoms. The maximum Gasteiger partial charge on any atom is 0.301 e. The zero-order valence-electron chi connectivity index (χ0n) is 30.8. The van der Waals surface area contributed by atoms with Crippen LogP contribution in [0.15, 0.2) is 58.6 Å².